The highest BCUT2D eigenvalue weighted by Gasteiger charge is 2.35. The van der Waals surface area contributed by atoms with Crippen LogP contribution in [0, 0.1) is 5.92 Å². The van der Waals surface area contributed by atoms with Crippen molar-refractivity contribution >= 4 is 62.8 Å². The van der Waals surface area contributed by atoms with Gasteiger partial charge in [-0.15, -0.1) is 0 Å². The van der Waals surface area contributed by atoms with Crippen LogP contribution in [0.4, 0.5) is 5.69 Å². The van der Waals surface area contributed by atoms with Crippen LogP contribution in [0.1, 0.15) is 12.0 Å². The van der Waals surface area contributed by atoms with Gasteiger partial charge in [-0.1, -0.05) is 45.2 Å². The summed E-state index contributed by atoms with van der Waals surface area (Å²) < 4.78 is 0.929. The van der Waals surface area contributed by atoms with Crippen molar-refractivity contribution in [2.45, 2.75) is 6.42 Å². The van der Waals surface area contributed by atoms with Crippen LogP contribution in [0.2, 0.25) is 10.0 Å². The van der Waals surface area contributed by atoms with Gasteiger partial charge in [0.25, 0.3) is 0 Å². The van der Waals surface area contributed by atoms with Crippen LogP contribution in [0.3, 0.4) is 0 Å². The molecule has 5 nitrogen and oxygen atoms in total. The molecule has 0 saturated carbocycles. The first-order valence-corrected chi connectivity index (χ1v) is 9.33. The standard InChI is InChI=1S/C18H14BrCl2N3O2/c19-13-2-4-14(5-3-13)24-10-12(8-17(24)25)18(26)23-22-9-11-1-6-15(20)16(21)7-11/h1-7,9,12H,8,10H2,(H,23,26)/b22-9-/t12-/m0/s1. The van der Waals surface area contributed by atoms with E-state index in [1.54, 1.807) is 23.1 Å². The summed E-state index contributed by atoms with van der Waals surface area (Å²) in [6.45, 7) is 0.328. The molecule has 0 spiro atoms. The van der Waals surface area contributed by atoms with Crippen molar-refractivity contribution < 1.29 is 9.59 Å². The molecule has 1 saturated heterocycles. The molecule has 1 heterocycles. The number of carbonyl (C=O) groups excluding carboxylic acids is 2. The SMILES string of the molecule is O=C(N/N=C\c1ccc(Cl)c(Cl)c1)[C@H]1CC(=O)N(c2ccc(Br)cc2)C1. The molecule has 1 aliphatic heterocycles. The molecule has 3 rings (SSSR count). The Morgan fingerprint density at radius 2 is 1.92 bits per heavy atom. The van der Waals surface area contributed by atoms with E-state index in [1.165, 1.54) is 6.21 Å². The summed E-state index contributed by atoms with van der Waals surface area (Å²) in [5.41, 5.74) is 3.96. The summed E-state index contributed by atoms with van der Waals surface area (Å²) in [6, 6.07) is 12.4. The van der Waals surface area contributed by atoms with Crippen LogP contribution >= 0.6 is 39.1 Å². The Balaban J connectivity index is 1.60. The van der Waals surface area contributed by atoms with E-state index >= 15 is 0 Å². The maximum absolute atomic E-state index is 12.3. The molecule has 2 aromatic rings. The number of carbonyl (C=O) groups is 2. The predicted octanol–water partition coefficient (Wildman–Crippen LogP) is 4.26. The highest BCUT2D eigenvalue weighted by molar-refractivity contribution is 9.10. The molecule has 2 aromatic carbocycles. The van der Waals surface area contributed by atoms with E-state index in [1.807, 2.05) is 24.3 Å². The molecule has 0 aromatic heterocycles. The molecular weight excluding hydrogens is 441 g/mol. The van der Waals surface area contributed by atoms with Gasteiger partial charge in [0.15, 0.2) is 0 Å². The van der Waals surface area contributed by atoms with E-state index in [9.17, 15) is 9.59 Å². The van der Waals surface area contributed by atoms with E-state index in [-0.39, 0.29) is 18.2 Å². The average molecular weight is 455 g/mol. The Hall–Kier alpha value is -1.89. The Morgan fingerprint density at radius 1 is 1.19 bits per heavy atom. The highest BCUT2D eigenvalue weighted by Crippen LogP contribution is 2.26. The number of halogens is 3. The molecule has 1 aliphatic rings. The fraction of sp³-hybridized carbons (Fsp3) is 0.167. The van der Waals surface area contributed by atoms with Crippen molar-refractivity contribution in [3.63, 3.8) is 0 Å². The molecule has 0 radical (unpaired) electrons. The van der Waals surface area contributed by atoms with Crippen LogP contribution in [0.25, 0.3) is 0 Å². The normalized spacial score (nSPS) is 17.1. The van der Waals surface area contributed by atoms with Gasteiger partial charge in [-0.2, -0.15) is 5.10 Å². The fourth-order valence-corrected chi connectivity index (χ4v) is 3.18. The third-order valence-corrected chi connectivity index (χ3v) is 5.23. The lowest BCUT2D eigenvalue weighted by Gasteiger charge is -2.16. The number of benzene rings is 2. The van der Waals surface area contributed by atoms with Gasteiger partial charge in [-0.3, -0.25) is 9.59 Å². The summed E-state index contributed by atoms with van der Waals surface area (Å²) in [4.78, 5) is 26.1. The van der Waals surface area contributed by atoms with E-state index in [4.69, 9.17) is 23.2 Å². The third kappa shape index (κ3) is 4.44. The first-order chi connectivity index (χ1) is 12.4. The van der Waals surface area contributed by atoms with E-state index in [2.05, 4.69) is 26.5 Å². The molecule has 1 N–H and O–H groups in total. The minimum atomic E-state index is -0.447. The minimum absolute atomic E-state index is 0.0825. The first kappa shape index (κ1) is 18.9. The van der Waals surface area contributed by atoms with Crippen LogP contribution in [-0.4, -0.2) is 24.6 Å². The van der Waals surface area contributed by atoms with Gasteiger partial charge in [0.1, 0.15) is 0 Å². The molecule has 0 aliphatic carbocycles. The third-order valence-electron chi connectivity index (χ3n) is 3.97. The zero-order valence-electron chi connectivity index (χ0n) is 13.5. The molecule has 2 amide bonds. The second-order valence-corrected chi connectivity index (χ2v) is 7.52. The number of nitrogens with zero attached hydrogens (tertiary/aromatic N) is 2. The first-order valence-electron chi connectivity index (χ1n) is 7.78. The van der Waals surface area contributed by atoms with Gasteiger partial charge < -0.3 is 4.90 Å². The van der Waals surface area contributed by atoms with Gasteiger partial charge in [-0.05, 0) is 42.0 Å². The molecule has 26 heavy (non-hydrogen) atoms. The maximum atomic E-state index is 12.3. The topological polar surface area (TPSA) is 61.8 Å². The lowest BCUT2D eigenvalue weighted by Crippen LogP contribution is -2.30. The smallest absolute Gasteiger partial charge is 0.245 e. The molecule has 0 unspecified atom stereocenters. The second kappa shape index (κ2) is 8.20. The van der Waals surface area contributed by atoms with Crippen molar-refractivity contribution in [1.29, 1.82) is 0 Å². The zero-order valence-corrected chi connectivity index (χ0v) is 16.6. The summed E-state index contributed by atoms with van der Waals surface area (Å²) >= 11 is 15.1. The average Bonchev–Trinajstić information content (AvgIpc) is 3.00. The molecule has 1 atom stereocenters. The number of hydrazone groups is 1. The number of hydrogen-bond donors (Lipinski definition) is 1. The Morgan fingerprint density at radius 3 is 2.62 bits per heavy atom. The Bertz CT molecular complexity index is 871. The summed E-state index contributed by atoms with van der Waals surface area (Å²) in [6.07, 6.45) is 1.63. The van der Waals surface area contributed by atoms with Crippen molar-refractivity contribution in [3.05, 3.63) is 62.5 Å². The molecule has 134 valence electrons. The lowest BCUT2D eigenvalue weighted by molar-refractivity contribution is -0.126. The fourth-order valence-electron chi connectivity index (χ4n) is 2.61. The van der Waals surface area contributed by atoms with Gasteiger partial charge in [-0.25, -0.2) is 5.43 Å². The maximum Gasteiger partial charge on any atom is 0.245 e. The van der Waals surface area contributed by atoms with E-state index in [0.717, 1.165) is 10.2 Å². The molecule has 1 fully saturated rings. The molecule has 8 heteroatoms. The van der Waals surface area contributed by atoms with Crippen molar-refractivity contribution in [2.75, 3.05) is 11.4 Å². The Labute approximate surface area is 169 Å². The molecule has 0 bridgehead atoms. The van der Waals surface area contributed by atoms with Crippen LogP contribution in [0.15, 0.2) is 52.0 Å². The largest absolute Gasteiger partial charge is 0.312 e. The summed E-state index contributed by atoms with van der Waals surface area (Å²) in [7, 11) is 0. The van der Waals surface area contributed by atoms with E-state index < -0.39 is 5.92 Å². The van der Waals surface area contributed by atoms with Crippen molar-refractivity contribution in [1.82, 2.24) is 5.43 Å². The lowest BCUT2D eigenvalue weighted by atomic mass is 10.1. The number of anilines is 1. The monoisotopic (exact) mass is 453 g/mol. The van der Waals surface area contributed by atoms with Crippen LogP contribution < -0.4 is 10.3 Å². The van der Waals surface area contributed by atoms with E-state index in [0.29, 0.717) is 22.2 Å². The summed E-state index contributed by atoms with van der Waals surface area (Å²) in [5.74, 6) is -0.827. The Kier molecular flexibility index (Phi) is 5.96. The van der Waals surface area contributed by atoms with Gasteiger partial charge in [0.05, 0.1) is 22.2 Å². The number of nitrogens with one attached hydrogen (secondary N) is 1. The quantitative estimate of drug-likeness (QED) is 0.554. The van der Waals surface area contributed by atoms with Crippen molar-refractivity contribution in [2.24, 2.45) is 11.0 Å². The molecular formula is C18H14BrCl2N3O2. The van der Waals surface area contributed by atoms with Gasteiger partial charge in [0.2, 0.25) is 11.8 Å². The van der Waals surface area contributed by atoms with Crippen LogP contribution in [-0.2, 0) is 9.59 Å². The van der Waals surface area contributed by atoms with Gasteiger partial charge >= 0.3 is 0 Å². The second-order valence-electron chi connectivity index (χ2n) is 5.79. The number of hydrogen-bond acceptors (Lipinski definition) is 3. The zero-order chi connectivity index (χ0) is 18.7. The highest BCUT2D eigenvalue weighted by atomic mass is 79.9. The number of amides is 2. The van der Waals surface area contributed by atoms with Crippen molar-refractivity contribution in [3.8, 4) is 0 Å². The minimum Gasteiger partial charge on any atom is -0.312 e. The predicted molar refractivity (Wildman–Crippen MR) is 107 cm³/mol. The summed E-state index contributed by atoms with van der Waals surface area (Å²) in [5, 5.41) is 4.79. The van der Waals surface area contributed by atoms with Crippen LogP contribution in [0.5, 0.6) is 0 Å². The number of rotatable bonds is 4. The van der Waals surface area contributed by atoms with Gasteiger partial charge in [0, 0.05) is 23.1 Å².